The van der Waals surface area contributed by atoms with Crippen LogP contribution in [-0.2, 0) is 4.79 Å². The van der Waals surface area contributed by atoms with Crippen molar-refractivity contribution in [1.82, 2.24) is 4.98 Å². The first-order chi connectivity index (χ1) is 8.65. The summed E-state index contributed by atoms with van der Waals surface area (Å²) in [5.41, 5.74) is 2.14. The molecule has 4 heteroatoms. The number of rotatable bonds is 3. The molecule has 1 N–H and O–H groups in total. The maximum Gasteiger partial charge on any atom is 0.229 e. The third-order valence-corrected chi connectivity index (χ3v) is 3.90. The molecule has 0 bridgehead atoms. The molecule has 0 unspecified atom stereocenters. The molecule has 1 aliphatic rings. The first kappa shape index (κ1) is 13.3. The Labute approximate surface area is 116 Å². The van der Waals surface area contributed by atoms with E-state index < -0.39 is 0 Å². The fraction of sp³-hybridized carbons (Fsp3) is 0.429. The highest BCUT2D eigenvalue weighted by atomic mass is 79.9. The van der Waals surface area contributed by atoms with Crippen molar-refractivity contribution < 1.29 is 4.79 Å². The molecule has 96 valence electrons. The van der Waals surface area contributed by atoms with Crippen LogP contribution in [0, 0.1) is 6.92 Å². The number of pyridine rings is 1. The van der Waals surface area contributed by atoms with Gasteiger partial charge in [0.05, 0.1) is 5.69 Å². The van der Waals surface area contributed by atoms with E-state index in [1.807, 2.05) is 19.1 Å². The number of aromatic nitrogens is 1. The summed E-state index contributed by atoms with van der Waals surface area (Å²) in [4.78, 5) is 16.2. The van der Waals surface area contributed by atoms with Crippen molar-refractivity contribution in [3.05, 3.63) is 33.9 Å². The van der Waals surface area contributed by atoms with Crippen LogP contribution < -0.4 is 5.32 Å². The van der Waals surface area contributed by atoms with Gasteiger partial charge >= 0.3 is 0 Å². The number of aryl methyl sites for hydroxylation is 1. The Morgan fingerprint density at radius 1 is 1.44 bits per heavy atom. The second kappa shape index (κ2) is 6.14. The molecule has 0 spiro atoms. The smallest absolute Gasteiger partial charge is 0.229 e. The van der Waals surface area contributed by atoms with Gasteiger partial charge in [-0.25, -0.2) is 4.98 Å². The van der Waals surface area contributed by atoms with E-state index >= 15 is 0 Å². The fourth-order valence-electron chi connectivity index (χ4n) is 2.07. The molecule has 1 aliphatic carbocycles. The number of hydrogen-bond donors (Lipinski definition) is 1. The van der Waals surface area contributed by atoms with E-state index in [4.69, 9.17) is 0 Å². The molecule has 0 saturated heterocycles. The first-order valence-electron chi connectivity index (χ1n) is 6.26. The molecular formula is C14H17BrN2O. The Morgan fingerprint density at radius 2 is 2.28 bits per heavy atom. The van der Waals surface area contributed by atoms with Crippen molar-refractivity contribution in [2.45, 2.75) is 39.0 Å². The average molecular weight is 309 g/mol. The second-order valence-electron chi connectivity index (χ2n) is 4.60. The minimum Gasteiger partial charge on any atom is -0.310 e. The number of halogens is 1. The van der Waals surface area contributed by atoms with Crippen LogP contribution in [0.3, 0.4) is 0 Å². The number of nitrogens with zero attached hydrogens (tertiary/aromatic N) is 1. The van der Waals surface area contributed by atoms with Crippen molar-refractivity contribution >= 4 is 27.7 Å². The lowest BCUT2D eigenvalue weighted by molar-refractivity contribution is -0.115. The Balaban J connectivity index is 1.94. The molecule has 3 nitrogen and oxygen atoms in total. The van der Waals surface area contributed by atoms with Crippen LogP contribution >= 0.6 is 15.9 Å². The lowest BCUT2D eigenvalue weighted by Crippen LogP contribution is -2.14. The van der Waals surface area contributed by atoms with E-state index in [0.717, 1.165) is 23.0 Å². The molecule has 18 heavy (non-hydrogen) atoms. The van der Waals surface area contributed by atoms with Crippen molar-refractivity contribution in [2.24, 2.45) is 0 Å². The van der Waals surface area contributed by atoms with Gasteiger partial charge in [-0.1, -0.05) is 11.6 Å². The molecule has 1 aromatic heterocycles. The minimum absolute atomic E-state index is 0.0253. The summed E-state index contributed by atoms with van der Waals surface area (Å²) < 4.78 is 0.954. The summed E-state index contributed by atoms with van der Waals surface area (Å²) in [5.74, 6) is 0.648. The van der Waals surface area contributed by atoms with E-state index in [2.05, 4.69) is 32.3 Å². The standard InChI is InChI=1S/C14H17BrN2O/c1-10-12(15)7-8-13(16-10)17-14(18)9-11-5-3-2-4-6-11/h5,7-8H,2-4,6,9H2,1H3,(H,16,17,18). The van der Waals surface area contributed by atoms with Crippen LogP contribution in [0.2, 0.25) is 0 Å². The third-order valence-electron chi connectivity index (χ3n) is 3.06. The van der Waals surface area contributed by atoms with Crippen molar-refractivity contribution in [2.75, 3.05) is 5.32 Å². The fourth-order valence-corrected chi connectivity index (χ4v) is 2.29. The van der Waals surface area contributed by atoms with Gasteiger partial charge in [-0.15, -0.1) is 0 Å². The number of carbonyl (C=O) groups excluding carboxylic acids is 1. The molecule has 0 atom stereocenters. The number of allylic oxidation sites excluding steroid dienone is 1. The molecule has 0 radical (unpaired) electrons. The quantitative estimate of drug-likeness (QED) is 0.858. The van der Waals surface area contributed by atoms with Gasteiger partial charge in [0.25, 0.3) is 0 Å². The highest BCUT2D eigenvalue weighted by Gasteiger charge is 2.10. The second-order valence-corrected chi connectivity index (χ2v) is 5.45. The largest absolute Gasteiger partial charge is 0.310 e. The zero-order chi connectivity index (χ0) is 13.0. The summed E-state index contributed by atoms with van der Waals surface area (Å²) in [6.07, 6.45) is 7.31. The highest BCUT2D eigenvalue weighted by molar-refractivity contribution is 9.10. The van der Waals surface area contributed by atoms with Gasteiger partial charge in [0.15, 0.2) is 0 Å². The molecular weight excluding hydrogens is 292 g/mol. The zero-order valence-electron chi connectivity index (χ0n) is 10.5. The van der Waals surface area contributed by atoms with Gasteiger partial charge in [-0.2, -0.15) is 0 Å². The normalized spacial score (nSPS) is 15.1. The van der Waals surface area contributed by atoms with E-state index in [9.17, 15) is 4.79 Å². The van der Waals surface area contributed by atoms with Gasteiger partial charge in [-0.05, 0) is 60.7 Å². The van der Waals surface area contributed by atoms with Crippen molar-refractivity contribution in [3.8, 4) is 0 Å². The molecule has 0 aliphatic heterocycles. The SMILES string of the molecule is Cc1nc(NC(=O)CC2=CCCCC2)ccc1Br. The van der Waals surface area contributed by atoms with Gasteiger partial charge in [-0.3, -0.25) is 4.79 Å². The summed E-state index contributed by atoms with van der Waals surface area (Å²) in [6, 6.07) is 3.71. The van der Waals surface area contributed by atoms with Crippen LogP contribution in [0.25, 0.3) is 0 Å². The number of nitrogens with one attached hydrogen (secondary N) is 1. The monoisotopic (exact) mass is 308 g/mol. The summed E-state index contributed by atoms with van der Waals surface area (Å²) in [7, 11) is 0. The van der Waals surface area contributed by atoms with Crippen LogP contribution in [0.4, 0.5) is 5.82 Å². The predicted molar refractivity (Wildman–Crippen MR) is 76.5 cm³/mol. The van der Waals surface area contributed by atoms with Gasteiger partial charge < -0.3 is 5.32 Å². The summed E-state index contributed by atoms with van der Waals surface area (Å²) >= 11 is 3.39. The summed E-state index contributed by atoms with van der Waals surface area (Å²) in [5, 5.41) is 2.85. The minimum atomic E-state index is 0.0253. The van der Waals surface area contributed by atoms with Crippen LogP contribution in [0.15, 0.2) is 28.3 Å². The topological polar surface area (TPSA) is 42.0 Å². The van der Waals surface area contributed by atoms with E-state index in [0.29, 0.717) is 12.2 Å². The molecule has 0 saturated carbocycles. The number of carbonyl (C=O) groups is 1. The molecule has 2 rings (SSSR count). The molecule has 0 aromatic carbocycles. The Hall–Kier alpha value is -1.16. The lowest BCUT2D eigenvalue weighted by atomic mass is 9.97. The molecule has 1 heterocycles. The third kappa shape index (κ3) is 3.67. The van der Waals surface area contributed by atoms with E-state index in [1.54, 1.807) is 0 Å². The van der Waals surface area contributed by atoms with Crippen LogP contribution in [0.5, 0.6) is 0 Å². The number of hydrogen-bond acceptors (Lipinski definition) is 2. The average Bonchev–Trinajstić information content (AvgIpc) is 2.35. The first-order valence-corrected chi connectivity index (χ1v) is 7.05. The molecule has 1 amide bonds. The van der Waals surface area contributed by atoms with Gasteiger partial charge in [0, 0.05) is 10.9 Å². The van der Waals surface area contributed by atoms with Crippen molar-refractivity contribution in [3.63, 3.8) is 0 Å². The van der Waals surface area contributed by atoms with Crippen molar-refractivity contribution in [1.29, 1.82) is 0 Å². The lowest BCUT2D eigenvalue weighted by Gasteiger charge is -2.12. The van der Waals surface area contributed by atoms with E-state index in [-0.39, 0.29) is 5.91 Å². The van der Waals surface area contributed by atoms with E-state index in [1.165, 1.54) is 18.4 Å². The summed E-state index contributed by atoms with van der Waals surface area (Å²) in [6.45, 7) is 1.91. The zero-order valence-corrected chi connectivity index (χ0v) is 12.1. The Bertz CT molecular complexity index is 483. The van der Waals surface area contributed by atoms with Crippen LogP contribution in [-0.4, -0.2) is 10.9 Å². The Morgan fingerprint density at radius 3 is 2.94 bits per heavy atom. The van der Waals surface area contributed by atoms with Gasteiger partial charge in [0.1, 0.15) is 5.82 Å². The van der Waals surface area contributed by atoms with Crippen LogP contribution in [0.1, 0.15) is 37.8 Å². The number of anilines is 1. The molecule has 1 aromatic rings. The molecule has 0 fully saturated rings. The highest BCUT2D eigenvalue weighted by Crippen LogP contribution is 2.21. The predicted octanol–water partition coefficient (Wildman–Crippen LogP) is 3.98. The van der Waals surface area contributed by atoms with Gasteiger partial charge in [0.2, 0.25) is 5.91 Å². The maximum absolute atomic E-state index is 11.9. The maximum atomic E-state index is 11.9. The Kier molecular flexibility index (Phi) is 4.53. The number of amides is 1.